The third-order valence-electron chi connectivity index (χ3n) is 3.36. The lowest BCUT2D eigenvalue weighted by Crippen LogP contribution is -2.42. The van der Waals surface area contributed by atoms with Gasteiger partial charge in [0.25, 0.3) is 0 Å². The maximum atomic E-state index is 11.9. The number of hydrogen-bond acceptors (Lipinski definition) is 2. The lowest BCUT2D eigenvalue weighted by Gasteiger charge is -2.32. The lowest BCUT2D eigenvalue weighted by molar-refractivity contribution is -0.133. The Kier molecular flexibility index (Phi) is 6.46. The molecule has 0 saturated carbocycles. The number of likely N-dealkylation sites (tertiary alicyclic amines) is 1. The molecule has 1 aliphatic rings. The summed E-state index contributed by atoms with van der Waals surface area (Å²) in [5, 5.41) is 3.21. The first-order chi connectivity index (χ1) is 7.77. The van der Waals surface area contributed by atoms with Crippen molar-refractivity contribution in [2.45, 2.75) is 45.4 Å². The topological polar surface area (TPSA) is 32.3 Å². The molecule has 1 fully saturated rings. The minimum atomic E-state index is 0.370. The van der Waals surface area contributed by atoms with Crippen molar-refractivity contribution in [1.29, 1.82) is 0 Å². The number of nitrogens with zero attached hydrogens (tertiary/aromatic N) is 1. The summed E-state index contributed by atoms with van der Waals surface area (Å²) in [6, 6.07) is 0. The molecule has 3 nitrogen and oxygen atoms in total. The van der Waals surface area contributed by atoms with E-state index in [2.05, 4.69) is 17.1 Å². The van der Waals surface area contributed by atoms with Gasteiger partial charge in [-0.15, -0.1) is 0 Å². The number of amides is 1. The molecule has 1 heterocycles. The van der Waals surface area contributed by atoms with Crippen molar-refractivity contribution in [2.75, 3.05) is 26.7 Å². The van der Waals surface area contributed by atoms with Crippen LogP contribution in [0.25, 0.3) is 0 Å². The van der Waals surface area contributed by atoms with Gasteiger partial charge in [0.1, 0.15) is 0 Å². The molecule has 1 amide bonds. The van der Waals surface area contributed by atoms with E-state index in [0.717, 1.165) is 32.5 Å². The van der Waals surface area contributed by atoms with E-state index in [4.69, 9.17) is 0 Å². The standard InChI is InChI=1S/C13H26N2O/c1-3-4-5-8-13(16)15-9-6-7-12(11-15)10-14-2/h12,14H,3-11H2,1-2H3. The van der Waals surface area contributed by atoms with Crippen LogP contribution in [0, 0.1) is 5.92 Å². The second-order valence-electron chi connectivity index (χ2n) is 4.86. The van der Waals surface area contributed by atoms with Crippen molar-refractivity contribution in [3.05, 3.63) is 0 Å². The summed E-state index contributed by atoms with van der Waals surface area (Å²) in [6.07, 6.45) is 6.61. The summed E-state index contributed by atoms with van der Waals surface area (Å²) in [7, 11) is 1.99. The molecule has 1 saturated heterocycles. The molecule has 0 aromatic carbocycles. The molecule has 0 spiro atoms. The molecule has 0 radical (unpaired) electrons. The van der Waals surface area contributed by atoms with E-state index in [1.165, 1.54) is 25.7 Å². The molecule has 1 aliphatic heterocycles. The summed E-state index contributed by atoms with van der Waals surface area (Å²) < 4.78 is 0. The average Bonchev–Trinajstić information content (AvgIpc) is 2.30. The van der Waals surface area contributed by atoms with Crippen molar-refractivity contribution in [3.8, 4) is 0 Å². The van der Waals surface area contributed by atoms with Crippen LogP contribution in [0.3, 0.4) is 0 Å². The van der Waals surface area contributed by atoms with Gasteiger partial charge in [0.15, 0.2) is 0 Å². The minimum absolute atomic E-state index is 0.370. The maximum Gasteiger partial charge on any atom is 0.222 e. The lowest BCUT2D eigenvalue weighted by atomic mass is 9.97. The zero-order valence-electron chi connectivity index (χ0n) is 10.8. The van der Waals surface area contributed by atoms with E-state index < -0.39 is 0 Å². The van der Waals surface area contributed by atoms with Gasteiger partial charge in [-0.2, -0.15) is 0 Å². The highest BCUT2D eigenvalue weighted by atomic mass is 16.2. The maximum absolute atomic E-state index is 11.9. The predicted molar refractivity (Wildman–Crippen MR) is 67.4 cm³/mol. The minimum Gasteiger partial charge on any atom is -0.342 e. The Labute approximate surface area is 99.6 Å². The zero-order valence-corrected chi connectivity index (χ0v) is 10.8. The average molecular weight is 226 g/mol. The van der Waals surface area contributed by atoms with E-state index in [0.29, 0.717) is 11.8 Å². The number of nitrogens with one attached hydrogen (secondary N) is 1. The molecule has 3 heteroatoms. The van der Waals surface area contributed by atoms with Crippen molar-refractivity contribution in [3.63, 3.8) is 0 Å². The Morgan fingerprint density at radius 1 is 1.44 bits per heavy atom. The van der Waals surface area contributed by atoms with E-state index in [-0.39, 0.29) is 0 Å². The Morgan fingerprint density at radius 3 is 2.94 bits per heavy atom. The van der Waals surface area contributed by atoms with Crippen LogP contribution in [-0.2, 0) is 4.79 Å². The van der Waals surface area contributed by atoms with E-state index in [1.807, 2.05) is 7.05 Å². The summed E-state index contributed by atoms with van der Waals surface area (Å²) in [6.45, 7) is 5.16. The second-order valence-corrected chi connectivity index (χ2v) is 4.86. The number of piperidine rings is 1. The van der Waals surface area contributed by atoms with E-state index in [9.17, 15) is 4.79 Å². The molecular formula is C13H26N2O. The van der Waals surface area contributed by atoms with Crippen molar-refractivity contribution >= 4 is 5.91 Å². The number of hydrogen-bond donors (Lipinski definition) is 1. The van der Waals surface area contributed by atoms with Crippen LogP contribution in [0.1, 0.15) is 45.4 Å². The van der Waals surface area contributed by atoms with Crippen molar-refractivity contribution < 1.29 is 4.79 Å². The Balaban J connectivity index is 2.26. The first kappa shape index (κ1) is 13.5. The van der Waals surface area contributed by atoms with Crippen LogP contribution in [0.2, 0.25) is 0 Å². The van der Waals surface area contributed by atoms with Gasteiger partial charge in [0, 0.05) is 19.5 Å². The van der Waals surface area contributed by atoms with Crippen LogP contribution in [0.5, 0.6) is 0 Å². The fourth-order valence-electron chi connectivity index (χ4n) is 2.43. The first-order valence-corrected chi connectivity index (χ1v) is 6.70. The largest absolute Gasteiger partial charge is 0.342 e. The molecule has 0 aromatic rings. The van der Waals surface area contributed by atoms with Gasteiger partial charge in [-0.1, -0.05) is 19.8 Å². The monoisotopic (exact) mass is 226 g/mol. The zero-order chi connectivity index (χ0) is 11.8. The third kappa shape index (κ3) is 4.52. The highest BCUT2D eigenvalue weighted by molar-refractivity contribution is 5.76. The molecule has 16 heavy (non-hydrogen) atoms. The summed E-state index contributed by atoms with van der Waals surface area (Å²) in [4.78, 5) is 14.0. The van der Waals surface area contributed by atoms with Crippen LogP contribution in [0.15, 0.2) is 0 Å². The van der Waals surface area contributed by atoms with Crippen LogP contribution in [0.4, 0.5) is 0 Å². The second kappa shape index (κ2) is 7.66. The highest BCUT2D eigenvalue weighted by Gasteiger charge is 2.22. The smallest absolute Gasteiger partial charge is 0.222 e. The van der Waals surface area contributed by atoms with Crippen LogP contribution < -0.4 is 5.32 Å². The molecular weight excluding hydrogens is 200 g/mol. The molecule has 94 valence electrons. The molecule has 0 aromatic heterocycles. The van der Waals surface area contributed by atoms with Gasteiger partial charge in [0.05, 0.1) is 0 Å². The number of unbranched alkanes of at least 4 members (excludes halogenated alkanes) is 2. The summed E-state index contributed by atoms with van der Waals surface area (Å²) in [5.41, 5.74) is 0. The Hall–Kier alpha value is -0.570. The van der Waals surface area contributed by atoms with Crippen LogP contribution in [-0.4, -0.2) is 37.5 Å². The van der Waals surface area contributed by atoms with Gasteiger partial charge in [-0.25, -0.2) is 0 Å². The molecule has 1 rings (SSSR count). The van der Waals surface area contributed by atoms with E-state index >= 15 is 0 Å². The van der Waals surface area contributed by atoms with Gasteiger partial charge in [-0.05, 0) is 38.8 Å². The summed E-state index contributed by atoms with van der Waals surface area (Å²) >= 11 is 0. The summed E-state index contributed by atoms with van der Waals surface area (Å²) in [5.74, 6) is 1.03. The number of rotatable bonds is 6. The number of carbonyl (C=O) groups is 1. The molecule has 1 unspecified atom stereocenters. The molecule has 0 aliphatic carbocycles. The van der Waals surface area contributed by atoms with Crippen molar-refractivity contribution in [1.82, 2.24) is 10.2 Å². The molecule has 0 bridgehead atoms. The van der Waals surface area contributed by atoms with Gasteiger partial charge in [0.2, 0.25) is 5.91 Å². The van der Waals surface area contributed by atoms with Gasteiger partial charge in [-0.3, -0.25) is 4.79 Å². The molecule has 1 atom stereocenters. The van der Waals surface area contributed by atoms with Crippen molar-refractivity contribution in [2.24, 2.45) is 5.92 Å². The fraction of sp³-hybridized carbons (Fsp3) is 0.923. The van der Waals surface area contributed by atoms with Gasteiger partial charge >= 0.3 is 0 Å². The fourth-order valence-corrected chi connectivity index (χ4v) is 2.43. The number of carbonyl (C=O) groups excluding carboxylic acids is 1. The van der Waals surface area contributed by atoms with Gasteiger partial charge < -0.3 is 10.2 Å². The third-order valence-corrected chi connectivity index (χ3v) is 3.36. The quantitative estimate of drug-likeness (QED) is 0.703. The Morgan fingerprint density at radius 2 is 2.25 bits per heavy atom. The SMILES string of the molecule is CCCCCC(=O)N1CCCC(CNC)C1. The normalized spacial score (nSPS) is 21.1. The highest BCUT2D eigenvalue weighted by Crippen LogP contribution is 2.17. The Bertz CT molecular complexity index is 204. The first-order valence-electron chi connectivity index (χ1n) is 6.70. The van der Waals surface area contributed by atoms with E-state index in [1.54, 1.807) is 0 Å². The predicted octanol–water partition coefficient (Wildman–Crippen LogP) is 2.02. The molecule has 1 N–H and O–H groups in total. The van der Waals surface area contributed by atoms with Crippen LogP contribution >= 0.6 is 0 Å².